The molecule has 1 atom stereocenters. The number of hydrogen-bond donors (Lipinski definition) is 2. The van der Waals surface area contributed by atoms with Gasteiger partial charge in [-0.15, -0.1) is 0 Å². The maximum absolute atomic E-state index is 11.0. The lowest BCUT2D eigenvalue weighted by atomic mass is 10.0. The number of benzene rings is 2. The normalized spacial score (nSPS) is 16.7. The van der Waals surface area contributed by atoms with Crippen LogP contribution in [0.5, 0.6) is 17.2 Å². The molecule has 7 nitrogen and oxygen atoms in total. The molecule has 2 aromatic rings. The molecular formula is C16H18N2O5S. The highest BCUT2D eigenvalue weighted by Gasteiger charge is 2.23. The van der Waals surface area contributed by atoms with Crippen LogP contribution in [0.15, 0.2) is 42.5 Å². The molecule has 0 aliphatic carbocycles. The minimum absolute atomic E-state index is 0.142. The summed E-state index contributed by atoms with van der Waals surface area (Å²) in [6.07, 6.45) is 0.577. The van der Waals surface area contributed by atoms with E-state index < -0.39 is 10.2 Å². The van der Waals surface area contributed by atoms with Crippen molar-refractivity contribution in [3.8, 4) is 17.2 Å². The summed E-state index contributed by atoms with van der Waals surface area (Å²) in [5.74, 6) is 2.11. The number of nitrogens with one attached hydrogen (secondary N) is 1. The van der Waals surface area contributed by atoms with E-state index in [0.717, 1.165) is 23.5 Å². The molecule has 0 fully saturated rings. The van der Waals surface area contributed by atoms with Gasteiger partial charge in [-0.05, 0) is 36.4 Å². The number of hydrogen-bond acceptors (Lipinski definition) is 5. The third kappa shape index (κ3) is 3.90. The lowest BCUT2D eigenvalue weighted by Gasteiger charge is -2.27. The number of nitrogens with two attached hydrogens (primary N) is 1. The van der Waals surface area contributed by atoms with Crippen LogP contribution in [0, 0.1) is 0 Å². The Balaban J connectivity index is 1.75. The van der Waals surface area contributed by atoms with Crippen molar-refractivity contribution in [2.24, 2.45) is 5.14 Å². The first-order valence-corrected chi connectivity index (χ1v) is 8.87. The summed E-state index contributed by atoms with van der Waals surface area (Å²) >= 11 is 0. The zero-order chi connectivity index (χ0) is 17.2. The molecule has 1 unspecified atom stereocenters. The third-order valence-corrected chi connectivity index (χ3v) is 4.12. The van der Waals surface area contributed by atoms with Crippen LogP contribution in [0.25, 0.3) is 0 Å². The Kier molecular flexibility index (Phi) is 4.50. The molecule has 24 heavy (non-hydrogen) atoms. The van der Waals surface area contributed by atoms with E-state index in [0.29, 0.717) is 18.0 Å². The highest BCUT2D eigenvalue weighted by molar-refractivity contribution is 7.90. The second kappa shape index (κ2) is 6.58. The van der Waals surface area contributed by atoms with Gasteiger partial charge in [0.25, 0.3) is 10.2 Å². The molecule has 0 amide bonds. The average molecular weight is 350 g/mol. The summed E-state index contributed by atoms with van der Waals surface area (Å²) in [5.41, 5.74) is 1.33. The fraction of sp³-hybridized carbons (Fsp3) is 0.250. The van der Waals surface area contributed by atoms with Crippen LogP contribution in [0.1, 0.15) is 18.1 Å². The minimum atomic E-state index is -3.78. The second-order valence-corrected chi connectivity index (χ2v) is 6.61. The van der Waals surface area contributed by atoms with E-state index in [1.54, 1.807) is 31.4 Å². The van der Waals surface area contributed by atoms with Gasteiger partial charge in [-0.3, -0.25) is 4.72 Å². The predicted octanol–water partition coefficient (Wildman–Crippen LogP) is 2.21. The van der Waals surface area contributed by atoms with Gasteiger partial charge in [0.1, 0.15) is 23.4 Å². The zero-order valence-corrected chi connectivity index (χ0v) is 13.9. The molecule has 8 heteroatoms. The van der Waals surface area contributed by atoms with Crippen molar-refractivity contribution < 1.29 is 22.6 Å². The highest BCUT2D eigenvalue weighted by atomic mass is 32.2. The zero-order valence-electron chi connectivity index (χ0n) is 13.1. The van der Waals surface area contributed by atoms with Crippen LogP contribution in [0.2, 0.25) is 0 Å². The Morgan fingerprint density at radius 1 is 1.17 bits per heavy atom. The van der Waals surface area contributed by atoms with Gasteiger partial charge in [0.2, 0.25) is 0 Å². The Bertz CT molecular complexity index is 821. The van der Waals surface area contributed by atoms with Gasteiger partial charge in [-0.25, -0.2) is 5.14 Å². The van der Waals surface area contributed by atoms with Gasteiger partial charge in [-0.2, -0.15) is 8.42 Å². The van der Waals surface area contributed by atoms with Crippen molar-refractivity contribution in [3.63, 3.8) is 0 Å². The fourth-order valence-electron chi connectivity index (χ4n) is 2.52. The van der Waals surface area contributed by atoms with E-state index in [1.165, 1.54) is 0 Å². The first-order valence-electron chi connectivity index (χ1n) is 7.32. The second-order valence-electron chi connectivity index (χ2n) is 5.32. The molecular weight excluding hydrogens is 332 g/mol. The van der Waals surface area contributed by atoms with Crippen LogP contribution >= 0.6 is 0 Å². The van der Waals surface area contributed by atoms with Crippen molar-refractivity contribution in [2.45, 2.75) is 12.5 Å². The monoisotopic (exact) mass is 350 g/mol. The summed E-state index contributed by atoms with van der Waals surface area (Å²) in [6, 6.07) is 12.2. The van der Waals surface area contributed by atoms with Crippen molar-refractivity contribution in [1.82, 2.24) is 0 Å². The molecule has 0 bridgehead atoms. The van der Waals surface area contributed by atoms with E-state index in [9.17, 15) is 8.42 Å². The van der Waals surface area contributed by atoms with Crippen LogP contribution in [-0.4, -0.2) is 22.1 Å². The molecule has 0 saturated heterocycles. The van der Waals surface area contributed by atoms with Crippen molar-refractivity contribution in [3.05, 3.63) is 48.0 Å². The molecule has 3 N–H and O–H groups in total. The van der Waals surface area contributed by atoms with E-state index in [-0.39, 0.29) is 6.10 Å². The molecule has 2 aromatic carbocycles. The molecule has 128 valence electrons. The summed E-state index contributed by atoms with van der Waals surface area (Å²) in [6.45, 7) is 0.551. The molecule has 0 spiro atoms. The maximum Gasteiger partial charge on any atom is 0.296 e. The number of anilines is 1. The largest absolute Gasteiger partial charge is 0.497 e. The highest BCUT2D eigenvalue weighted by Crippen LogP contribution is 2.37. The van der Waals surface area contributed by atoms with Gasteiger partial charge in [0, 0.05) is 23.7 Å². The number of ether oxygens (including phenoxy) is 3. The minimum Gasteiger partial charge on any atom is -0.497 e. The molecule has 1 aliphatic heterocycles. The standard InChI is InChI=1S/C16H18N2O5S/c1-21-13-6-7-14-15(8-9-22-16(14)10-13)23-12-4-2-11(3-5-12)18-24(17,19)20/h2-7,10,15,18H,8-9H2,1H3,(H2,17,19,20). The van der Waals surface area contributed by atoms with Gasteiger partial charge >= 0.3 is 0 Å². The van der Waals surface area contributed by atoms with Crippen molar-refractivity contribution in [2.75, 3.05) is 18.4 Å². The van der Waals surface area contributed by atoms with E-state index >= 15 is 0 Å². The van der Waals surface area contributed by atoms with E-state index in [2.05, 4.69) is 4.72 Å². The molecule has 3 rings (SSSR count). The molecule has 1 heterocycles. The van der Waals surface area contributed by atoms with Crippen molar-refractivity contribution in [1.29, 1.82) is 0 Å². The summed E-state index contributed by atoms with van der Waals surface area (Å²) < 4.78 is 41.1. The van der Waals surface area contributed by atoms with Gasteiger partial charge in [0.05, 0.1) is 13.7 Å². The molecule has 0 radical (unpaired) electrons. The third-order valence-electron chi connectivity index (χ3n) is 3.60. The fourth-order valence-corrected chi connectivity index (χ4v) is 2.98. The Hall–Kier alpha value is -2.45. The smallest absolute Gasteiger partial charge is 0.296 e. The molecule has 1 aliphatic rings. The predicted molar refractivity (Wildman–Crippen MR) is 89.6 cm³/mol. The van der Waals surface area contributed by atoms with Gasteiger partial charge in [-0.1, -0.05) is 0 Å². The van der Waals surface area contributed by atoms with E-state index in [4.69, 9.17) is 19.3 Å². The Morgan fingerprint density at radius 3 is 2.54 bits per heavy atom. The first kappa shape index (κ1) is 16.4. The topological polar surface area (TPSA) is 99.9 Å². The van der Waals surface area contributed by atoms with Crippen LogP contribution in [-0.2, 0) is 10.2 Å². The summed E-state index contributed by atoms with van der Waals surface area (Å²) in [7, 11) is -2.18. The Labute approximate surface area is 140 Å². The summed E-state index contributed by atoms with van der Waals surface area (Å²) in [5, 5.41) is 4.94. The lowest BCUT2D eigenvalue weighted by Crippen LogP contribution is -2.21. The maximum atomic E-state index is 11.0. The molecule has 0 saturated carbocycles. The van der Waals surface area contributed by atoms with Crippen molar-refractivity contribution >= 4 is 15.9 Å². The van der Waals surface area contributed by atoms with Gasteiger partial charge in [0.15, 0.2) is 0 Å². The lowest BCUT2D eigenvalue weighted by molar-refractivity contribution is 0.136. The number of fused-ring (bicyclic) bond motifs is 1. The number of methoxy groups -OCH3 is 1. The van der Waals surface area contributed by atoms with Crippen LogP contribution < -0.4 is 24.1 Å². The van der Waals surface area contributed by atoms with Crippen LogP contribution in [0.4, 0.5) is 5.69 Å². The first-order chi connectivity index (χ1) is 11.4. The van der Waals surface area contributed by atoms with Gasteiger partial charge < -0.3 is 14.2 Å². The summed E-state index contributed by atoms with van der Waals surface area (Å²) in [4.78, 5) is 0. The SMILES string of the molecule is COc1ccc2c(c1)OCCC2Oc1ccc(NS(N)(=O)=O)cc1. The van der Waals surface area contributed by atoms with E-state index in [1.807, 2.05) is 18.2 Å². The number of rotatable bonds is 5. The quantitative estimate of drug-likeness (QED) is 0.861. The molecule has 0 aromatic heterocycles. The average Bonchev–Trinajstić information content (AvgIpc) is 2.55. The van der Waals surface area contributed by atoms with Crippen LogP contribution in [0.3, 0.4) is 0 Å². The Morgan fingerprint density at radius 2 is 1.88 bits per heavy atom.